The number of rotatable bonds is 1. The molecule has 2 fully saturated rings. The molecule has 4 rings (SSSR count). The van der Waals surface area contributed by atoms with Crippen molar-refractivity contribution in [2.24, 2.45) is 5.92 Å². The Balaban J connectivity index is 1.84. The Morgan fingerprint density at radius 3 is 3.05 bits per heavy atom. The van der Waals surface area contributed by atoms with Crippen molar-refractivity contribution in [1.29, 1.82) is 0 Å². The van der Waals surface area contributed by atoms with E-state index in [1.807, 2.05) is 0 Å². The van der Waals surface area contributed by atoms with Gasteiger partial charge < -0.3 is 4.98 Å². The summed E-state index contributed by atoms with van der Waals surface area (Å²) >= 11 is 0. The topological polar surface area (TPSA) is 36.1 Å². The molecule has 0 saturated carbocycles. The molecule has 3 nitrogen and oxygen atoms in total. The maximum Gasteiger partial charge on any atom is 0.137 e. The summed E-state index contributed by atoms with van der Waals surface area (Å²) in [6.07, 6.45) is 4.93. The van der Waals surface area contributed by atoms with Crippen molar-refractivity contribution in [3.05, 3.63) is 36.0 Å². The first-order valence-electron chi connectivity index (χ1n) is 7.17. The van der Waals surface area contributed by atoms with Gasteiger partial charge in [-0.15, -0.1) is 0 Å². The van der Waals surface area contributed by atoms with Gasteiger partial charge in [-0.3, -0.25) is 9.69 Å². The van der Waals surface area contributed by atoms with Gasteiger partial charge in [-0.25, -0.2) is 0 Å². The van der Waals surface area contributed by atoms with Crippen molar-refractivity contribution in [2.75, 3.05) is 13.1 Å². The SMILES string of the molecule is O=C1CCCN2CCC1C2c1c[nH]c2ccccc12. The number of ketones is 1. The van der Waals surface area contributed by atoms with Gasteiger partial charge >= 0.3 is 0 Å². The molecule has 3 atom stereocenters. The Morgan fingerprint density at radius 2 is 2.11 bits per heavy atom. The van der Waals surface area contributed by atoms with Crippen LogP contribution >= 0.6 is 0 Å². The molecule has 1 N–H and O–H groups in total. The minimum Gasteiger partial charge on any atom is -0.361 e. The number of nitrogens with zero attached hydrogens (tertiary/aromatic N) is 1. The lowest BCUT2D eigenvalue weighted by Gasteiger charge is -2.24. The maximum absolute atomic E-state index is 12.3. The van der Waals surface area contributed by atoms with Crippen LogP contribution in [0.2, 0.25) is 0 Å². The second kappa shape index (κ2) is 4.20. The van der Waals surface area contributed by atoms with Crippen molar-refractivity contribution < 1.29 is 4.79 Å². The number of para-hydroxylation sites is 1. The zero-order chi connectivity index (χ0) is 12.8. The number of benzene rings is 1. The van der Waals surface area contributed by atoms with Gasteiger partial charge in [0.05, 0.1) is 0 Å². The van der Waals surface area contributed by atoms with E-state index in [1.165, 1.54) is 16.5 Å². The van der Waals surface area contributed by atoms with E-state index in [0.29, 0.717) is 11.8 Å². The maximum atomic E-state index is 12.3. The van der Waals surface area contributed by atoms with Gasteiger partial charge in [0.25, 0.3) is 0 Å². The highest BCUT2D eigenvalue weighted by Gasteiger charge is 2.41. The second-order valence-electron chi connectivity index (χ2n) is 5.74. The van der Waals surface area contributed by atoms with Crippen LogP contribution in [0.1, 0.15) is 30.9 Å². The van der Waals surface area contributed by atoms with Gasteiger partial charge in [-0.05, 0) is 37.6 Å². The predicted octanol–water partition coefficient (Wildman–Crippen LogP) is 2.89. The molecule has 3 heteroatoms. The summed E-state index contributed by atoms with van der Waals surface area (Å²) < 4.78 is 0. The smallest absolute Gasteiger partial charge is 0.137 e. The minimum atomic E-state index is 0.210. The second-order valence-corrected chi connectivity index (χ2v) is 5.74. The summed E-state index contributed by atoms with van der Waals surface area (Å²) in [6, 6.07) is 8.70. The standard InChI is InChI=1S/C16H18N2O/c19-15-6-3-8-18-9-7-12(15)16(18)13-10-17-14-5-2-1-4-11(13)14/h1-2,4-5,10,12,16-17H,3,6-9H2. The molecule has 0 aliphatic carbocycles. The molecule has 2 aliphatic heterocycles. The summed E-state index contributed by atoms with van der Waals surface area (Å²) in [4.78, 5) is 18.1. The lowest BCUT2D eigenvalue weighted by Crippen LogP contribution is -2.25. The molecule has 2 aromatic rings. The molecule has 0 spiro atoms. The molecular formula is C16H18N2O. The van der Waals surface area contributed by atoms with Gasteiger partial charge in [-0.1, -0.05) is 18.2 Å². The number of carbonyl (C=O) groups is 1. The molecule has 0 radical (unpaired) electrons. The quantitative estimate of drug-likeness (QED) is 0.849. The number of hydrogen-bond donors (Lipinski definition) is 1. The number of carbonyl (C=O) groups excluding carboxylic acids is 1. The van der Waals surface area contributed by atoms with Crippen LogP contribution in [0.3, 0.4) is 0 Å². The molecule has 2 aliphatic rings. The number of nitrogens with one attached hydrogen (secondary N) is 1. The van der Waals surface area contributed by atoms with Crippen LogP contribution in [-0.2, 0) is 4.79 Å². The zero-order valence-corrected chi connectivity index (χ0v) is 10.9. The monoisotopic (exact) mass is 254 g/mol. The van der Waals surface area contributed by atoms with Gasteiger partial charge in [-0.2, -0.15) is 0 Å². The number of fused-ring (bicyclic) bond motifs is 3. The Morgan fingerprint density at radius 1 is 1.21 bits per heavy atom. The Labute approximate surface area is 112 Å². The third kappa shape index (κ3) is 1.65. The highest BCUT2D eigenvalue weighted by molar-refractivity contribution is 5.87. The first-order valence-corrected chi connectivity index (χ1v) is 7.17. The first-order chi connectivity index (χ1) is 9.34. The van der Waals surface area contributed by atoms with Crippen molar-refractivity contribution >= 4 is 16.7 Å². The van der Waals surface area contributed by atoms with E-state index in [2.05, 4.69) is 40.3 Å². The molecule has 2 saturated heterocycles. The molecule has 1 aromatic heterocycles. The fourth-order valence-corrected chi connectivity index (χ4v) is 3.84. The van der Waals surface area contributed by atoms with Crippen LogP contribution < -0.4 is 0 Å². The van der Waals surface area contributed by atoms with Crippen LogP contribution in [0.15, 0.2) is 30.5 Å². The Bertz CT molecular complexity index is 630. The van der Waals surface area contributed by atoms with Crippen molar-refractivity contribution in [3.63, 3.8) is 0 Å². The van der Waals surface area contributed by atoms with Crippen LogP contribution in [0.25, 0.3) is 10.9 Å². The molecule has 0 amide bonds. The third-order valence-electron chi connectivity index (χ3n) is 4.72. The molecule has 3 heterocycles. The Hall–Kier alpha value is -1.61. The van der Waals surface area contributed by atoms with E-state index in [4.69, 9.17) is 0 Å². The average Bonchev–Trinajstić information content (AvgIpc) is 2.97. The van der Waals surface area contributed by atoms with Crippen molar-refractivity contribution in [2.45, 2.75) is 25.3 Å². The highest BCUT2D eigenvalue weighted by Crippen LogP contribution is 2.42. The van der Waals surface area contributed by atoms with E-state index in [-0.39, 0.29) is 5.92 Å². The molecule has 19 heavy (non-hydrogen) atoms. The molecular weight excluding hydrogens is 236 g/mol. The van der Waals surface area contributed by atoms with Crippen molar-refractivity contribution in [1.82, 2.24) is 9.88 Å². The largest absolute Gasteiger partial charge is 0.361 e. The summed E-state index contributed by atoms with van der Waals surface area (Å²) in [5.74, 6) is 0.678. The van der Waals surface area contributed by atoms with Crippen LogP contribution in [0.4, 0.5) is 0 Å². The van der Waals surface area contributed by atoms with E-state index in [0.717, 1.165) is 32.4 Å². The number of Topliss-reactive ketones (excluding diaryl/α,β-unsaturated/α-hetero) is 1. The number of aromatic nitrogens is 1. The zero-order valence-electron chi connectivity index (χ0n) is 10.9. The lowest BCUT2D eigenvalue weighted by atomic mass is 9.89. The van der Waals surface area contributed by atoms with Gasteiger partial charge in [0.1, 0.15) is 5.78 Å². The van der Waals surface area contributed by atoms with E-state index >= 15 is 0 Å². The van der Waals surface area contributed by atoms with Gasteiger partial charge in [0, 0.05) is 35.5 Å². The molecule has 2 bridgehead atoms. The van der Waals surface area contributed by atoms with Gasteiger partial charge in [0.2, 0.25) is 0 Å². The van der Waals surface area contributed by atoms with Crippen LogP contribution in [0.5, 0.6) is 0 Å². The number of aromatic amines is 1. The summed E-state index contributed by atoms with van der Waals surface area (Å²) in [5.41, 5.74) is 2.49. The molecule has 1 aromatic carbocycles. The molecule has 3 unspecified atom stereocenters. The molecule has 98 valence electrons. The third-order valence-corrected chi connectivity index (χ3v) is 4.72. The Kier molecular flexibility index (Phi) is 2.49. The summed E-state index contributed by atoms with van der Waals surface area (Å²) in [7, 11) is 0. The van der Waals surface area contributed by atoms with E-state index in [1.54, 1.807) is 0 Å². The van der Waals surface area contributed by atoms with Crippen LogP contribution in [0, 0.1) is 5.92 Å². The van der Waals surface area contributed by atoms with Crippen molar-refractivity contribution in [3.8, 4) is 0 Å². The van der Waals surface area contributed by atoms with Gasteiger partial charge in [0.15, 0.2) is 0 Å². The average molecular weight is 254 g/mol. The summed E-state index contributed by atoms with van der Waals surface area (Å²) in [5, 5.41) is 1.28. The fourth-order valence-electron chi connectivity index (χ4n) is 3.84. The minimum absolute atomic E-state index is 0.210. The number of H-pyrrole nitrogens is 1. The first kappa shape index (κ1) is 11.2. The predicted molar refractivity (Wildman–Crippen MR) is 75.0 cm³/mol. The highest BCUT2D eigenvalue weighted by atomic mass is 16.1. The lowest BCUT2D eigenvalue weighted by molar-refractivity contribution is -0.123. The van der Waals surface area contributed by atoms with E-state index in [9.17, 15) is 4.79 Å². The van der Waals surface area contributed by atoms with E-state index < -0.39 is 0 Å². The summed E-state index contributed by atoms with van der Waals surface area (Å²) in [6.45, 7) is 2.13. The normalized spacial score (nSPS) is 30.7. The van der Waals surface area contributed by atoms with Crippen LogP contribution in [-0.4, -0.2) is 28.8 Å². The number of hydrogen-bond acceptors (Lipinski definition) is 2. The fraction of sp³-hybridized carbons (Fsp3) is 0.438.